The van der Waals surface area contributed by atoms with Crippen molar-refractivity contribution in [3.63, 3.8) is 0 Å². The molecule has 1 amide bonds. The van der Waals surface area contributed by atoms with Gasteiger partial charge in [0.05, 0.1) is 31.4 Å². The van der Waals surface area contributed by atoms with Gasteiger partial charge in [0.15, 0.2) is 17.2 Å². The molecule has 202 valence electrons. The van der Waals surface area contributed by atoms with E-state index >= 15 is 4.39 Å². The fourth-order valence-electron chi connectivity index (χ4n) is 5.34. The SMILES string of the molecule is Cn1nc(OCc2ccccc2)cc1-c1cc2c(n3cnnc13)N(C(=O)O)Cc1c(F)ccc3c1[C@@H](CO3)CO2. The van der Waals surface area contributed by atoms with E-state index < -0.39 is 11.9 Å². The van der Waals surface area contributed by atoms with Crippen LogP contribution in [0, 0.1) is 5.82 Å². The zero-order valence-electron chi connectivity index (χ0n) is 21.3. The molecule has 40 heavy (non-hydrogen) atoms. The number of nitrogens with zero attached hydrogens (tertiary/aromatic N) is 6. The Morgan fingerprint density at radius 3 is 2.73 bits per heavy atom. The molecule has 2 aromatic carbocycles. The molecule has 0 unspecified atom stereocenters. The number of aryl methyl sites for hydroxylation is 1. The van der Waals surface area contributed by atoms with Crippen molar-refractivity contribution >= 4 is 17.6 Å². The fourth-order valence-corrected chi connectivity index (χ4v) is 5.34. The van der Waals surface area contributed by atoms with E-state index in [0.717, 1.165) is 10.5 Å². The highest BCUT2D eigenvalue weighted by molar-refractivity contribution is 5.90. The molecule has 12 heteroatoms. The second-order valence-electron chi connectivity index (χ2n) is 9.66. The summed E-state index contributed by atoms with van der Waals surface area (Å²) in [4.78, 5) is 13.6. The summed E-state index contributed by atoms with van der Waals surface area (Å²) in [6, 6.07) is 16.1. The minimum atomic E-state index is -1.28. The number of carbonyl (C=O) groups is 1. The first-order chi connectivity index (χ1) is 19.5. The molecule has 0 bridgehead atoms. The maximum Gasteiger partial charge on any atom is 0.413 e. The summed E-state index contributed by atoms with van der Waals surface area (Å²) in [5, 5.41) is 23.1. The summed E-state index contributed by atoms with van der Waals surface area (Å²) in [5.41, 5.74) is 3.55. The lowest BCUT2D eigenvalue weighted by molar-refractivity contribution is 0.200. The Morgan fingerprint density at radius 2 is 1.93 bits per heavy atom. The molecule has 0 fully saturated rings. The van der Waals surface area contributed by atoms with Crippen LogP contribution in [0.5, 0.6) is 17.4 Å². The summed E-state index contributed by atoms with van der Waals surface area (Å²) in [6.07, 6.45) is 0.136. The van der Waals surface area contributed by atoms with Crippen molar-refractivity contribution in [2.45, 2.75) is 19.1 Å². The minimum absolute atomic E-state index is 0.161. The minimum Gasteiger partial charge on any atom is -0.493 e. The second-order valence-corrected chi connectivity index (χ2v) is 9.66. The zero-order valence-corrected chi connectivity index (χ0v) is 21.3. The van der Waals surface area contributed by atoms with Crippen molar-refractivity contribution in [1.29, 1.82) is 0 Å². The lowest BCUT2D eigenvalue weighted by Crippen LogP contribution is -2.31. The van der Waals surface area contributed by atoms with Gasteiger partial charge in [-0.15, -0.1) is 15.3 Å². The van der Waals surface area contributed by atoms with Gasteiger partial charge in [0.1, 0.15) is 24.5 Å². The number of carboxylic acid groups (broad SMARTS) is 1. The van der Waals surface area contributed by atoms with Crippen molar-refractivity contribution in [2.24, 2.45) is 7.05 Å². The first kappa shape index (κ1) is 23.9. The number of hydrogen-bond donors (Lipinski definition) is 1. The third kappa shape index (κ3) is 3.87. The monoisotopic (exact) mass is 542 g/mol. The number of ether oxygens (including phenoxy) is 3. The highest BCUT2D eigenvalue weighted by Crippen LogP contribution is 2.43. The molecule has 0 saturated heterocycles. The van der Waals surface area contributed by atoms with E-state index in [1.165, 1.54) is 12.4 Å². The molecule has 1 atom stereocenters. The molecule has 7 rings (SSSR count). The van der Waals surface area contributed by atoms with Crippen LogP contribution in [0.25, 0.3) is 16.9 Å². The molecule has 0 aliphatic carbocycles. The van der Waals surface area contributed by atoms with Gasteiger partial charge in [-0.1, -0.05) is 30.3 Å². The molecule has 3 aromatic heterocycles. The van der Waals surface area contributed by atoms with Crippen molar-refractivity contribution in [1.82, 2.24) is 24.4 Å². The first-order valence-electron chi connectivity index (χ1n) is 12.6. The summed E-state index contributed by atoms with van der Waals surface area (Å²) < 4.78 is 36.3. The van der Waals surface area contributed by atoms with Crippen LogP contribution < -0.4 is 19.1 Å². The maximum atomic E-state index is 15.1. The fraction of sp³-hybridized carbons (Fsp3) is 0.214. The molecular formula is C28H23FN6O5. The number of anilines is 1. The van der Waals surface area contributed by atoms with Crippen LogP contribution in [0.3, 0.4) is 0 Å². The predicted molar refractivity (Wildman–Crippen MR) is 140 cm³/mol. The van der Waals surface area contributed by atoms with Crippen LogP contribution >= 0.6 is 0 Å². The molecule has 0 radical (unpaired) electrons. The zero-order chi connectivity index (χ0) is 27.4. The number of hydrogen-bond acceptors (Lipinski definition) is 7. The summed E-state index contributed by atoms with van der Waals surface area (Å²) in [7, 11) is 1.78. The second kappa shape index (κ2) is 9.26. The van der Waals surface area contributed by atoms with E-state index in [9.17, 15) is 9.90 Å². The summed E-state index contributed by atoms with van der Waals surface area (Å²) in [5.74, 6) is 0.637. The van der Waals surface area contributed by atoms with Crippen LogP contribution in [0.15, 0.2) is 60.9 Å². The summed E-state index contributed by atoms with van der Waals surface area (Å²) >= 11 is 0. The highest BCUT2D eigenvalue weighted by Gasteiger charge is 2.35. The van der Waals surface area contributed by atoms with Gasteiger partial charge in [-0.3, -0.25) is 14.0 Å². The smallest absolute Gasteiger partial charge is 0.413 e. The summed E-state index contributed by atoms with van der Waals surface area (Å²) in [6.45, 7) is 0.574. The number of halogens is 1. The molecule has 2 aliphatic heterocycles. The number of fused-ring (bicyclic) bond motifs is 3. The molecule has 5 heterocycles. The van der Waals surface area contributed by atoms with Crippen molar-refractivity contribution < 1.29 is 28.5 Å². The van der Waals surface area contributed by atoms with Crippen LogP contribution in [0.2, 0.25) is 0 Å². The largest absolute Gasteiger partial charge is 0.493 e. The van der Waals surface area contributed by atoms with Gasteiger partial charge in [0.25, 0.3) is 0 Å². The van der Waals surface area contributed by atoms with Gasteiger partial charge >= 0.3 is 6.09 Å². The van der Waals surface area contributed by atoms with Crippen LogP contribution in [0.4, 0.5) is 15.0 Å². The molecule has 0 saturated carbocycles. The topological polar surface area (TPSA) is 116 Å². The Kier molecular flexibility index (Phi) is 5.54. The number of pyridine rings is 1. The molecule has 11 nitrogen and oxygen atoms in total. The number of amides is 1. The van der Waals surface area contributed by atoms with Crippen LogP contribution in [-0.4, -0.2) is 48.8 Å². The Morgan fingerprint density at radius 1 is 1.12 bits per heavy atom. The normalized spacial score (nSPS) is 15.8. The van der Waals surface area contributed by atoms with Crippen LogP contribution in [-0.2, 0) is 20.2 Å². The maximum absolute atomic E-state index is 15.1. The molecule has 5 aromatic rings. The number of aromatic nitrogens is 5. The highest BCUT2D eigenvalue weighted by atomic mass is 19.1. The van der Waals surface area contributed by atoms with Gasteiger partial charge < -0.3 is 19.3 Å². The first-order valence-corrected chi connectivity index (χ1v) is 12.6. The Balaban J connectivity index is 1.33. The quantitative estimate of drug-likeness (QED) is 0.355. The number of benzene rings is 2. The third-order valence-corrected chi connectivity index (χ3v) is 7.23. The van der Waals surface area contributed by atoms with Gasteiger partial charge in [-0.2, -0.15) is 0 Å². The number of rotatable bonds is 4. The molecule has 0 spiro atoms. The third-order valence-electron chi connectivity index (χ3n) is 7.23. The molecular weight excluding hydrogens is 519 g/mol. The van der Waals surface area contributed by atoms with E-state index in [1.807, 2.05) is 30.3 Å². The molecule has 2 aliphatic rings. The van der Waals surface area contributed by atoms with Crippen LogP contribution in [0.1, 0.15) is 22.6 Å². The average molecular weight is 543 g/mol. The lowest BCUT2D eigenvalue weighted by Gasteiger charge is -2.23. The van der Waals surface area contributed by atoms with Gasteiger partial charge in [0.2, 0.25) is 5.88 Å². The molecule has 1 N–H and O–H groups in total. The Labute approximate surface area is 227 Å². The Bertz CT molecular complexity index is 1770. The van der Waals surface area contributed by atoms with Crippen molar-refractivity contribution in [3.8, 4) is 28.6 Å². The van der Waals surface area contributed by atoms with E-state index in [1.54, 1.807) is 34.3 Å². The standard InChI is InChI=1S/C28H23FN6O5/c1-33-21(10-24(32-33)40-12-16-5-3-2-4-6-16)18-9-23-27(35-15-30-31-26(18)35)34(28(36)37)11-19-20(29)7-8-22-25(19)17(13-38-22)14-39-23/h2-10,15,17H,11-14H2,1H3,(H,36,37)/t17-/m0/s1. The van der Waals surface area contributed by atoms with Gasteiger partial charge in [0, 0.05) is 29.8 Å². The van der Waals surface area contributed by atoms with Crippen molar-refractivity contribution in [3.05, 3.63) is 83.4 Å². The van der Waals surface area contributed by atoms with E-state index in [4.69, 9.17) is 14.2 Å². The average Bonchev–Trinajstić information content (AvgIpc) is 3.69. The predicted octanol–water partition coefficient (Wildman–Crippen LogP) is 4.40. The van der Waals surface area contributed by atoms with E-state index in [-0.39, 0.29) is 36.2 Å². The Hall–Kier alpha value is -5.13. The van der Waals surface area contributed by atoms with Gasteiger partial charge in [-0.25, -0.2) is 9.18 Å². The lowest BCUT2D eigenvalue weighted by atomic mass is 9.95. The van der Waals surface area contributed by atoms with E-state index in [2.05, 4.69) is 15.3 Å². The van der Waals surface area contributed by atoms with E-state index in [0.29, 0.717) is 47.3 Å². The van der Waals surface area contributed by atoms with Gasteiger partial charge in [-0.05, 0) is 23.8 Å². The van der Waals surface area contributed by atoms with Crippen molar-refractivity contribution in [2.75, 3.05) is 18.1 Å².